The molecule has 0 aliphatic rings. The van der Waals surface area contributed by atoms with Crippen molar-refractivity contribution in [3.63, 3.8) is 0 Å². The van der Waals surface area contributed by atoms with Gasteiger partial charge in [0.2, 0.25) is 6.41 Å². The minimum absolute atomic E-state index is 0.602. The van der Waals surface area contributed by atoms with E-state index in [0.717, 1.165) is 5.56 Å². The summed E-state index contributed by atoms with van der Waals surface area (Å²) in [7, 11) is 0. The van der Waals surface area contributed by atoms with E-state index in [9.17, 15) is 9.90 Å². The minimum Gasteiger partial charge on any atom is -0.385 e. The summed E-state index contributed by atoms with van der Waals surface area (Å²) in [5.74, 6) is 0. The number of nitrogens with one attached hydrogen (secondary N) is 1. The van der Waals surface area contributed by atoms with Crippen molar-refractivity contribution in [2.24, 2.45) is 0 Å². The molecule has 3 nitrogen and oxygen atoms in total. The van der Waals surface area contributed by atoms with Crippen LogP contribution in [0.15, 0.2) is 24.3 Å². The van der Waals surface area contributed by atoms with E-state index in [-0.39, 0.29) is 0 Å². The van der Waals surface area contributed by atoms with E-state index in [1.165, 1.54) is 0 Å². The molecule has 1 unspecified atom stereocenters. The van der Waals surface area contributed by atoms with Crippen LogP contribution in [-0.2, 0) is 10.4 Å². The zero-order chi connectivity index (χ0) is 10.6. The Labute approximate surface area is 83.8 Å². The molecule has 1 aromatic carbocycles. The second-order valence-corrected chi connectivity index (χ2v) is 3.44. The highest BCUT2D eigenvalue weighted by molar-refractivity contribution is 5.73. The van der Waals surface area contributed by atoms with E-state index in [2.05, 4.69) is 5.32 Å². The van der Waals surface area contributed by atoms with Crippen LogP contribution in [0.4, 0.5) is 5.69 Å². The van der Waals surface area contributed by atoms with Crippen LogP contribution in [0.5, 0.6) is 0 Å². The number of carbonyl (C=O) groups excluding carboxylic acids is 1. The number of rotatable bonds is 4. The minimum atomic E-state index is -0.896. The normalized spacial score (nSPS) is 14.5. The second kappa shape index (κ2) is 4.24. The van der Waals surface area contributed by atoms with Crippen LogP contribution in [0.1, 0.15) is 25.8 Å². The zero-order valence-electron chi connectivity index (χ0n) is 8.45. The number of aliphatic hydroxyl groups is 1. The lowest BCUT2D eigenvalue weighted by molar-refractivity contribution is -0.105. The first-order valence-electron chi connectivity index (χ1n) is 4.64. The Hall–Kier alpha value is -1.35. The number of amides is 1. The van der Waals surface area contributed by atoms with Crippen molar-refractivity contribution >= 4 is 12.1 Å². The number of para-hydroxylation sites is 1. The van der Waals surface area contributed by atoms with Crippen LogP contribution in [0.3, 0.4) is 0 Å². The molecule has 1 amide bonds. The maximum Gasteiger partial charge on any atom is 0.211 e. The lowest BCUT2D eigenvalue weighted by Crippen LogP contribution is -2.21. The van der Waals surface area contributed by atoms with Gasteiger partial charge in [-0.25, -0.2) is 0 Å². The summed E-state index contributed by atoms with van der Waals surface area (Å²) in [5, 5.41) is 12.6. The molecule has 1 atom stereocenters. The molecule has 76 valence electrons. The summed E-state index contributed by atoms with van der Waals surface area (Å²) in [4.78, 5) is 10.3. The third-order valence-corrected chi connectivity index (χ3v) is 2.41. The number of benzene rings is 1. The number of anilines is 1. The van der Waals surface area contributed by atoms with Gasteiger partial charge >= 0.3 is 0 Å². The van der Waals surface area contributed by atoms with E-state index in [4.69, 9.17) is 0 Å². The highest BCUT2D eigenvalue weighted by Gasteiger charge is 2.23. The summed E-state index contributed by atoms with van der Waals surface area (Å²) in [6, 6.07) is 7.25. The highest BCUT2D eigenvalue weighted by atomic mass is 16.3. The van der Waals surface area contributed by atoms with Gasteiger partial charge in [-0.2, -0.15) is 0 Å². The van der Waals surface area contributed by atoms with Gasteiger partial charge < -0.3 is 10.4 Å². The molecule has 0 fully saturated rings. The van der Waals surface area contributed by atoms with E-state index in [0.29, 0.717) is 18.5 Å². The molecule has 14 heavy (non-hydrogen) atoms. The summed E-state index contributed by atoms with van der Waals surface area (Å²) < 4.78 is 0. The first kappa shape index (κ1) is 10.7. The van der Waals surface area contributed by atoms with Crippen molar-refractivity contribution in [2.45, 2.75) is 25.9 Å². The first-order chi connectivity index (χ1) is 6.61. The molecule has 2 N–H and O–H groups in total. The van der Waals surface area contributed by atoms with Gasteiger partial charge in [-0.3, -0.25) is 4.79 Å². The predicted molar refractivity (Wildman–Crippen MR) is 56.0 cm³/mol. The van der Waals surface area contributed by atoms with Crippen molar-refractivity contribution in [1.82, 2.24) is 0 Å². The molecular formula is C11H15NO2. The zero-order valence-corrected chi connectivity index (χ0v) is 8.45. The Morgan fingerprint density at radius 2 is 2.14 bits per heavy atom. The van der Waals surface area contributed by atoms with E-state index >= 15 is 0 Å². The molecule has 0 spiro atoms. The lowest BCUT2D eigenvalue weighted by atomic mass is 9.92. The summed E-state index contributed by atoms with van der Waals surface area (Å²) >= 11 is 0. The van der Waals surface area contributed by atoms with Gasteiger partial charge in [0, 0.05) is 11.3 Å². The van der Waals surface area contributed by atoms with Crippen LogP contribution < -0.4 is 5.32 Å². The van der Waals surface area contributed by atoms with Gasteiger partial charge in [-0.05, 0) is 19.4 Å². The third-order valence-electron chi connectivity index (χ3n) is 2.41. The molecule has 0 aliphatic carbocycles. The molecule has 0 aromatic heterocycles. The molecule has 1 rings (SSSR count). The van der Waals surface area contributed by atoms with E-state index < -0.39 is 5.60 Å². The average molecular weight is 193 g/mol. The summed E-state index contributed by atoms with van der Waals surface area (Å²) in [6.07, 6.45) is 1.22. The van der Waals surface area contributed by atoms with Crippen LogP contribution in [0.25, 0.3) is 0 Å². The average Bonchev–Trinajstić information content (AvgIpc) is 2.19. The largest absolute Gasteiger partial charge is 0.385 e. The summed E-state index contributed by atoms with van der Waals surface area (Å²) in [6.45, 7) is 3.63. The highest BCUT2D eigenvalue weighted by Crippen LogP contribution is 2.29. The fraction of sp³-hybridized carbons (Fsp3) is 0.364. The third kappa shape index (κ3) is 2.12. The van der Waals surface area contributed by atoms with Gasteiger partial charge in [0.1, 0.15) is 0 Å². The van der Waals surface area contributed by atoms with Gasteiger partial charge in [-0.1, -0.05) is 25.1 Å². The molecule has 0 heterocycles. The van der Waals surface area contributed by atoms with Crippen LogP contribution >= 0.6 is 0 Å². The van der Waals surface area contributed by atoms with Crippen molar-refractivity contribution in [3.05, 3.63) is 29.8 Å². The molecule has 0 saturated carbocycles. The Balaban J connectivity index is 3.12. The molecule has 3 heteroatoms. The molecule has 1 aromatic rings. The fourth-order valence-corrected chi connectivity index (χ4v) is 1.33. The number of hydrogen-bond acceptors (Lipinski definition) is 2. The molecule has 0 saturated heterocycles. The van der Waals surface area contributed by atoms with Crippen molar-refractivity contribution in [1.29, 1.82) is 0 Å². The standard InChI is InChI=1S/C11H15NO2/c1-3-11(2,14)9-6-4-5-7-10(9)12-8-13/h4-8,14H,3H2,1-2H3,(H,12,13). The van der Waals surface area contributed by atoms with Crippen LogP contribution in [-0.4, -0.2) is 11.5 Å². The van der Waals surface area contributed by atoms with Crippen molar-refractivity contribution in [3.8, 4) is 0 Å². The fourth-order valence-electron chi connectivity index (χ4n) is 1.33. The lowest BCUT2D eigenvalue weighted by Gasteiger charge is -2.24. The Kier molecular flexibility index (Phi) is 3.25. The van der Waals surface area contributed by atoms with Gasteiger partial charge in [0.25, 0.3) is 0 Å². The molecule has 0 bridgehead atoms. The molecule has 0 aliphatic heterocycles. The SMILES string of the molecule is CCC(C)(O)c1ccccc1NC=O. The van der Waals surface area contributed by atoms with Gasteiger partial charge in [-0.15, -0.1) is 0 Å². The second-order valence-electron chi connectivity index (χ2n) is 3.44. The van der Waals surface area contributed by atoms with Crippen molar-refractivity contribution in [2.75, 3.05) is 5.32 Å². The van der Waals surface area contributed by atoms with Crippen molar-refractivity contribution < 1.29 is 9.90 Å². The van der Waals surface area contributed by atoms with E-state index in [1.807, 2.05) is 25.1 Å². The maximum atomic E-state index is 10.3. The monoisotopic (exact) mass is 193 g/mol. The Bertz CT molecular complexity index is 321. The summed E-state index contributed by atoms with van der Waals surface area (Å²) in [5.41, 5.74) is 0.510. The maximum absolute atomic E-state index is 10.3. The first-order valence-corrected chi connectivity index (χ1v) is 4.64. The number of hydrogen-bond donors (Lipinski definition) is 2. The van der Waals surface area contributed by atoms with Crippen LogP contribution in [0.2, 0.25) is 0 Å². The van der Waals surface area contributed by atoms with Gasteiger partial charge in [0.15, 0.2) is 0 Å². The topological polar surface area (TPSA) is 49.3 Å². The molecule has 0 radical (unpaired) electrons. The Morgan fingerprint density at radius 1 is 1.50 bits per heavy atom. The van der Waals surface area contributed by atoms with E-state index in [1.54, 1.807) is 13.0 Å². The quantitative estimate of drug-likeness (QED) is 0.717. The smallest absolute Gasteiger partial charge is 0.211 e. The predicted octanol–water partition coefficient (Wildman–Crippen LogP) is 1.87. The van der Waals surface area contributed by atoms with Crippen LogP contribution in [0, 0.1) is 0 Å². The Morgan fingerprint density at radius 3 is 2.71 bits per heavy atom. The molecular weight excluding hydrogens is 178 g/mol. The van der Waals surface area contributed by atoms with Gasteiger partial charge in [0.05, 0.1) is 5.60 Å². The number of carbonyl (C=O) groups is 1.